The molecule has 0 aliphatic rings. The lowest BCUT2D eigenvalue weighted by Crippen LogP contribution is -2.01. The first-order chi connectivity index (χ1) is 13.3. The molecule has 2 nitrogen and oxygen atoms in total. The highest BCUT2D eigenvalue weighted by Gasteiger charge is 2.15. The van der Waals surface area contributed by atoms with E-state index in [0.29, 0.717) is 11.8 Å². The van der Waals surface area contributed by atoms with E-state index in [4.69, 9.17) is 9.97 Å². The maximum absolute atomic E-state index is 4.99. The van der Waals surface area contributed by atoms with Crippen LogP contribution in [0.15, 0.2) is 48.7 Å². The molecule has 0 saturated heterocycles. The summed E-state index contributed by atoms with van der Waals surface area (Å²) in [5.41, 5.74) is 7.12. The predicted octanol–water partition coefficient (Wildman–Crippen LogP) is 7.31. The number of hydrogen-bond acceptors (Lipinski definition) is 2. The van der Waals surface area contributed by atoms with Crippen LogP contribution in [0.1, 0.15) is 62.0 Å². The smallest absolute Gasteiger partial charge is 0.0780 e. The highest BCUT2D eigenvalue weighted by atomic mass is 14.7. The van der Waals surface area contributed by atoms with Crippen LogP contribution >= 0.6 is 0 Å². The Hall–Kier alpha value is -2.74. The molecule has 142 valence electrons. The summed E-state index contributed by atoms with van der Waals surface area (Å²) in [7, 11) is 0. The molecular formula is C26H28N2. The third-order valence-electron chi connectivity index (χ3n) is 5.44. The van der Waals surface area contributed by atoms with Gasteiger partial charge in [-0.3, -0.25) is 9.97 Å². The molecule has 0 saturated carbocycles. The van der Waals surface area contributed by atoms with Gasteiger partial charge in [0.05, 0.1) is 11.4 Å². The molecule has 0 N–H and O–H groups in total. The molecule has 2 aromatic heterocycles. The summed E-state index contributed by atoms with van der Waals surface area (Å²) in [6.45, 7) is 13.2. The van der Waals surface area contributed by atoms with E-state index in [1.165, 1.54) is 43.9 Å². The molecule has 28 heavy (non-hydrogen) atoms. The lowest BCUT2D eigenvalue weighted by atomic mass is 9.93. The summed E-state index contributed by atoms with van der Waals surface area (Å²) in [5.74, 6) is 0.789. The minimum absolute atomic E-state index is 0.388. The lowest BCUT2D eigenvalue weighted by Gasteiger charge is -2.16. The monoisotopic (exact) mass is 368 g/mol. The maximum Gasteiger partial charge on any atom is 0.0780 e. The van der Waals surface area contributed by atoms with E-state index < -0.39 is 0 Å². The van der Waals surface area contributed by atoms with Crippen LogP contribution in [0.3, 0.4) is 0 Å². The van der Waals surface area contributed by atoms with Crippen molar-refractivity contribution in [1.29, 1.82) is 0 Å². The molecular weight excluding hydrogens is 340 g/mol. The highest BCUT2D eigenvalue weighted by molar-refractivity contribution is 6.12. The lowest BCUT2D eigenvalue weighted by molar-refractivity contribution is 0.774. The summed E-state index contributed by atoms with van der Waals surface area (Å²) in [6.07, 6.45) is 1.94. The van der Waals surface area contributed by atoms with Crippen LogP contribution in [0.4, 0.5) is 0 Å². The predicted molar refractivity (Wildman–Crippen MR) is 120 cm³/mol. The van der Waals surface area contributed by atoms with Crippen LogP contribution in [-0.4, -0.2) is 9.97 Å². The Morgan fingerprint density at radius 1 is 0.679 bits per heavy atom. The normalized spacial score (nSPS) is 11.9. The third kappa shape index (κ3) is 3.17. The first kappa shape index (κ1) is 18.6. The second-order valence-electron chi connectivity index (χ2n) is 8.53. The van der Waals surface area contributed by atoms with E-state index in [2.05, 4.69) is 84.0 Å². The largest absolute Gasteiger partial charge is 0.257 e. The van der Waals surface area contributed by atoms with Crippen LogP contribution in [-0.2, 0) is 0 Å². The molecule has 0 amide bonds. The van der Waals surface area contributed by atoms with Crippen molar-refractivity contribution in [2.75, 3.05) is 0 Å². The molecule has 0 aliphatic carbocycles. The number of aryl methyl sites for hydroxylation is 2. The van der Waals surface area contributed by atoms with Gasteiger partial charge in [0.25, 0.3) is 0 Å². The molecule has 0 spiro atoms. The van der Waals surface area contributed by atoms with Gasteiger partial charge in [0.2, 0.25) is 0 Å². The summed E-state index contributed by atoms with van der Waals surface area (Å²) >= 11 is 0. The Morgan fingerprint density at radius 3 is 2.00 bits per heavy atom. The molecule has 2 heterocycles. The van der Waals surface area contributed by atoms with Gasteiger partial charge < -0.3 is 0 Å². The Balaban J connectivity index is 2.08. The van der Waals surface area contributed by atoms with Crippen molar-refractivity contribution in [3.63, 3.8) is 0 Å². The van der Waals surface area contributed by atoms with E-state index in [9.17, 15) is 0 Å². The van der Waals surface area contributed by atoms with Crippen molar-refractivity contribution >= 4 is 21.5 Å². The average Bonchev–Trinajstić information content (AvgIpc) is 2.65. The third-order valence-corrected chi connectivity index (χ3v) is 5.44. The number of hydrogen-bond donors (Lipinski definition) is 0. The molecule has 0 atom stereocenters. The first-order valence-corrected chi connectivity index (χ1v) is 10.2. The summed E-state index contributed by atoms with van der Waals surface area (Å²) in [6, 6.07) is 15.5. The van der Waals surface area contributed by atoms with Crippen LogP contribution in [0, 0.1) is 13.8 Å². The van der Waals surface area contributed by atoms with Gasteiger partial charge in [-0.05, 0) is 60.7 Å². The Kier molecular flexibility index (Phi) is 4.66. The van der Waals surface area contributed by atoms with E-state index in [-0.39, 0.29) is 0 Å². The Bertz CT molecular complexity index is 1170. The van der Waals surface area contributed by atoms with Crippen LogP contribution in [0.25, 0.3) is 32.8 Å². The fourth-order valence-electron chi connectivity index (χ4n) is 4.11. The number of pyridine rings is 2. The second-order valence-corrected chi connectivity index (χ2v) is 8.53. The van der Waals surface area contributed by atoms with Crippen LogP contribution in [0.5, 0.6) is 0 Å². The zero-order valence-electron chi connectivity index (χ0n) is 17.7. The number of benzene rings is 2. The minimum atomic E-state index is 0.388. The Morgan fingerprint density at radius 2 is 1.36 bits per heavy atom. The maximum atomic E-state index is 4.99. The van der Waals surface area contributed by atoms with Gasteiger partial charge in [-0.25, -0.2) is 0 Å². The quantitative estimate of drug-likeness (QED) is 0.354. The molecule has 0 fully saturated rings. The average molecular weight is 369 g/mol. The molecule has 0 bridgehead atoms. The van der Waals surface area contributed by atoms with Crippen molar-refractivity contribution in [3.05, 3.63) is 71.2 Å². The number of rotatable bonds is 3. The van der Waals surface area contributed by atoms with Crippen molar-refractivity contribution in [2.24, 2.45) is 0 Å². The van der Waals surface area contributed by atoms with Gasteiger partial charge in [-0.15, -0.1) is 0 Å². The Labute approximate surface area is 167 Å². The van der Waals surface area contributed by atoms with Crippen molar-refractivity contribution in [2.45, 2.75) is 53.4 Å². The molecule has 2 heteroatoms. The molecule has 4 rings (SSSR count). The van der Waals surface area contributed by atoms with Crippen LogP contribution < -0.4 is 0 Å². The van der Waals surface area contributed by atoms with E-state index in [1.807, 2.05) is 6.20 Å². The molecule has 0 unspecified atom stereocenters. The van der Waals surface area contributed by atoms with Crippen molar-refractivity contribution in [3.8, 4) is 11.3 Å². The SMILES string of the molecule is Cc1cc(C)cc(-c2nccc3c2ccc2c(C(C)C)nc(C(C)C)cc23)c1. The highest BCUT2D eigenvalue weighted by Crippen LogP contribution is 2.36. The van der Waals surface area contributed by atoms with Crippen molar-refractivity contribution < 1.29 is 0 Å². The number of fused-ring (bicyclic) bond motifs is 3. The first-order valence-electron chi connectivity index (χ1n) is 10.2. The van der Waals surface area contributed by atoms with Gasteiger partial charge in [-0.1, -0.05) is 57.0 Å². The van der Waals surface area contributed by atoms with Gasteiger partial charge in [-0.2, -0.15) is 0 Å². The zero-order valence-corrected chi connectivity index (χ0v) is 17.7. The van der Waals surface area contributed by atoms with Crippen molar-refractivity contribution in [1.82, 2.24) is 9.97 Å². The topological polar surface area (TPSA) is 25.8 Å². The van der Waals surface area contributed by atoms with E-state index in [1.54, 1.807) is 0 Å². The fraction of sp³-hybridized carbons (Fsp3) is 0.308. The molecule has 4 aromatic rings. The molecule has 2 aromatic carbocycles. The number of nitrogens with zero attached hydrogens (tertiary/aromatic N) is 2. The second kappa shape index (κ2) is 7.01. The zero-order chi connectivity index (χ0) is 20.0. The summed E-state index contributed by atoms with van der Waals surface area (Å²) in [5, 5.41) is 5.00. The van der Waals surface area contributed by atoms with E-state index >= 15 is 0 Å². The fourth-order valence-corrected chi connectivity index (χ4v) is 4.11. The van der Waals surface area contributed by atoms with Gasteiger partial charge in [0.1, 0.15) is 0 Å². The summed E-state index contributed by atoms with van der Waals surface area (Å²) in [4.78, 5) is 9.76. The standard InChI is InChI=1S/C26H28N2/c1-15(2)24-14-23-20-9-10-27-26(19-12-17(5)11-18(6)13-19)21(20)7-8-22(23)25(28-24)16(3)4/h7-16H,1-6H3. The summed E-state index contributed by atoms with van der Waals surface area (Å²) < 4.78 is 0. The minimum Gasteiger partial charge on any atom is -0.257 e. The van der Waals surface area contributed by atoms with Crippen LogP contribution in [0.2, 0.25) is 0 Å². The van der Waals surface area contributed by atoms with Gasteiger partial charge in [0, 0.05) is 28.2 Å². The number of aromatic nitrogens is 2. The molecule has 0 aliphatic heterocycles. The van der Waals surface area contributed by atoms with Gasteiger partial charge >= 0.3 is 0 Å². The van der Waals surface area contributed by atoms with E-state index in [0.717, 1.165) is 11.4 Å². The molecule has 0 radical (unpaired) electrons. The van der Waals surface area contributed by atoms with Gasteiger partial charge in [0.15, 0.2) is 0 Å².